The Morgan fingerprint density at radius 2 is 1.89 bits per heavy atom. The third-order valence-corrected chi connectivity index (χ3v) is 3.63. The summed E-state index contributed by atoms with van der Waals surface area (Å²) in [7, 11) is 2.16. The van der Waals surface area contributed by atoms with Crippen LogP contribution < -0.4 is 4.74 Å². The molecule has 106 valence electrons. The van der Waals surface area contributed by atoms with E-state index in [1.807, 2.05) is 24.3 Å². The quantitative estimate of drug-likeness (QED) is 0.871. The van der Waals surface area contributed by atoms with Crippen LogP contribution in [-0.4, -0.2) is 61.3 Å². The van der Waals surface area contributed by atoms with Gasteiger partial charge >= 0.3 is 0 Å². The zero-order valence-electron chi connectivity index (χ0n) is 11.9. The average Bonchev–Trinajstić information content (AvgIpc) is 2.41. The van der Waals surface area contributed by atoms with Gasteiger partial charge in [-0.2, -0.15) is 0 Å². The van der Waals surface area contributed by atoms with Gasteiger partial charge in [0.05, 0.1) is 6.10 Å². The van der Waals surface area contributed by atoms with Crippen LogP contribution in [0.1, 0.15) is 18.6 Å². The first kappa shape index (κ1) is 14.3. The van der Waals surface area contributed by atoms with Crippen LogP contribution in [-0.2, 0) is 0 Å². The lowest BCUT2D eigenvalue weighted by atomic mass is 10.1. The maximum absolute atomic E-state index is 9.69. The molecule has 0 aliphatic carbocycles. The fourth-order valence-corrected chi connectivity index (χ4v) is 2.31. The zero-order chi connectivity index (χ0) is 13.7. The molecule has 0 amide bonds. The summed E-state index contributed by atoms with van der Waals surface area (Å²) in [5.74, 6) is 0.798. The van der Waals surface area contributed by atoms with E-state index in [0.717, 1.165) is 44.0 Å². The van der Waals surface area contributed by atoms with E-state index in [4.69, 9.17) is 4.74 Å². The van der Waals surface area contributed by atoms with Gasteiger partial charge in [-0.3, -0.25) is 4.90 Å². The molecule has 0 saturated carbocycles. The predicted molar refractivity (Wildman–Crippen MR) is 76.5 cm³/mol. The summed E-state index contributed by atoms with van der Waals surface area (Å²) < 4.78 is 5.81. The van der Waals surface area contributed by atoms with Crippen molar-refractivity contribution in [1.82, 2.24) is 9.80 Å². The van der Waals surface area contributed by atoms with Gasteiger partial charge in [0.15, 0.2) is 0 Å². The molecule has 1 fully saturated rings. The van der Waals surface area contributed by atoms with E-state index in [1.54, 1.807) is 6.92 Å². The standard InChI is InChI=1S/C15H24N2O2/c1-13(18)14-5-3-4-6-15(14)19-12-11-17-9-7-16(2)8-10-17/h3-6,13,18H,7-12H2,1-2H3/t13-/m1/s1. The summed E-state index contributed by atoms with van der Waals surface area (Å²) >= 11 is 0. The highest BCUT2D eigenvalue weighted by Gasteiger charge is 2.14. The van der Waals surface area contributed by atoms with Gasteiger partial charge in [-0.15, -0.1) is 0 Å². The van der Waals surface area contributed by atoms with Crippen molar-refractivity contribution in [3.8, 4) is 5.75 Å². The number of nitrogens with zero attached hydrogens (tertiary/aromatic N) is 2. The van der Waals surface area contributed by atoms with E-state index >= 15 is 0 Å². The molecule has 1 saturated heterocycles. The zero-order valence-corrected chi connectivity index (χ0v) is 11.9. The monoisotopic (exact) mass is 264 g/mol. The maximum atomic E-state index is 9.69. The molecule has 0 unspecified atom stereocenters. The molecule has 1 heterocycles. The highest BCUT2D eigenvalue weighted by molar-refractivity contribution is 5.34. The van der Waals surface area contributed by atoms with Crippen LogP contribution in [0.4, 0.5) is 0 Å². The van der Waals surface area contributed by atoms with Gasteiger partial charge in [0.1, 0.15) is 12.4 Å². The van der Waals surface area contributed by atoms with Crippen LogP contribution in [0, 0.1) is 0 Å². The van der Waals surface area contributed by atoms with Gasteiger partial charge in [0, 0.05) is 38.3 Å². The Bertz CT molecular complexity index is 387. The van der Waals surface area contributed by atoms with E-state index in [0.29, 0.717) is 6.61 Å². The SMILES string of the molecule is C[C@@H](O)c1ccccc1OCCN1CCN(C)CC1. The highest BCUT2D eigenvalue weighted by Crippen LogP contribution is 2.24. The molecule has 1 aromatic rings. The minimum Gasteiger partial charge on any atom is -0.492 e. The number of hydrogen-bond acceptors (Lipinski definition) is 4. The molecular formula is C15H24N2O2. The Morgan fingerprint density at radius 3 is 2.58 bits per heavy atom. The van der Waals surface area contributed by atoms with Crippen molar-refractivity contribution in [2.24, 2.45) is 0 Å². The number of aliphatic hydroxyl groups excluding tert-OH is 1. The summed E-state index contributed by atoms with van der Waals surface area (Å²) in [4.78, 5) is 4.77. The van der Waals surface area contributed by atoms with Crippen LogP contribution in [0.2, 0.25) is 0 Å². The molecule has 0 bridgehead atoms. The second-order valence-electron chi connectivity index (χ2n) is 5.21. The van der Waals surface area contributed by atoms with Gasteiger partial charge in [0.2, 0.25) is 0 Å². The van der Waals surface area contributed by atoms with Gasteiger partial charge in [-0.05, 0) is 20.0 Å². The number of ether oxygens (including phenoxy) is 1. The number of para-hydroxylation sites is 1. The van der Waals surface area contributed by atoms with Crippen molar-refractivity contribution in [3.05, 3.63) is 29.8 Å². The Kier molecular flexibility index (Phi) is 5.19. The number of piperazine rings is 1. The van der Waals surface area contributed by atoms with Crippen molar-refractivity contribution in [2.75, 3.05) is 46.4 Å². The van der Waals surface area contributed by atoms with Crippen molar-refractivity contribution < 1.29 is 9.84 Å². The second-order valence-corrected chi connectivity index (χ2v) is 5.21. The normalized spacial score (nSPS) is 19.3. The van der Waals surface area contributed by atoms with Gasteiger partial charge in [-0.1, -0.05) is 18.2 Å². The highest BCUT2D eigenvalue weighted by atomic mass is 16.5. The first-order valence-electron chi connectivity index (χ1n) is 6.97. The third-order valence-electron chi connectivity index (χ3n) is 3.63. The molecule has 1 N–H and O–H groups in total. The number of aliphatic hydroxyl groups is 1. The van der Waals surface area contributed by atoms with E-state index in [-0.39, 0.29) is 0 Å². The van der Waals surface area contributed by atoms with Crippen LogP contribution in [0.25, 0.3) is 0 Å². The van der Waals surface area contributed by atoms with Gasteiger partial charge in [0.25, 0.3) is 0 Å². The number of rotatable bonds is 5. The van der Waals surface area contributed by atoms with Crippen molar-refractivity contribution >= 4 is 0 Å². The molecule has 1 atom stereocenters. The summed E-state index contributed by atoms with van der Waals surface area (Å²) in [5, 5.41) is 9.69. The summed E-state index contributed by atoms with van der Waals surface area (Å²) in [6, 6.07) is 7.70. The summed E-state index contributed by atoms with van der Waals surface area (Å²) in [6.07, 6.45) is -0.486. The van der Waals surface area contributed by atoms with Crippen LogP contribution >= 0.6 is 0 Å². The molecule has 0 radical (unpaired) electrons. The van der Waals surface area contributed by atoms with Crippen molar-refractivity contribution in [2.45, 2.75) is 13.0 Å². The lowest BCUT2D eigenvalue weighted by Gasteiger charge is -2.32. The second kappa shape index (κ2) is 6.89. The van der Waals surface area contributed by atoms with E-state index < -0.39 is 6.10 Å². The topological polar surface area (TPSA) is 35.9 Å². The van der Waals surface area contributed by atoms with Gasteiger partial charge < -0.3 is 14.7 Å². The first-order chi connectivity index (χ1) is 9.16. The Hall–Kier alpha value is -1.10. The number of hydrogen-bond donors (Lipinski definition) is 1. The fourth-order valence-electron chi connectivity index (χ4n) is 2.31. The lowest BCUT2D eigenvalue weighted by molar-refractivity contribution is 0.131. The fraction of sp³-hybridized carbons (Fsp3) is 0.600. The molecule has 19 heavy (non-hydrogen) atoms. The minimum absolute atomic E-state index is 0.486. The van der Waals surface area contributed by atoms with Crippen LogP contribution in [0.5, 0.6) is 5.75 Å². The summed E-state index contributed by atoms with van der Waals surface area (Å²) in [5.41, 5.74) is 0.862. The first-order valence-corrected chi connectivity index (χ1v) is 6.97. The number of benzene rings is 1. The summed E-state index contributed by atoms with van der Waals surface area (Å²) in [6.45, 7) is 7.86. The number of likely N-dealkylation sites (N-methyl/N-ethyl adjacent to an activating group) is 1. The smallest absolute Gasteiger partial charge is 0.125 e. The molecule has 0 aromatic heterocycles. The molecular weight excluding hydrogens is 240 g/mol. The maximum Gasteiger partial charge on any atom is 0.125 e. The predicted octanol–water partition coefficient (Wildman–Crippen LogP) is 1.37. The largest absolute Gasteiger partial charge is 0.492 e. The van der Waals surface area contributed by atoms with Gasteiger partial charge in [-0.25, -0.2) is 0 Å². The molecule has 0 spiro atoms. The lowest BCUT2D eigenvalue weighted by Crippen LogP contribution is -2.45. The minimum atomic E-state index is -0.486. The molecule has 4 nitrogen and oxygen atoms in total. The molecule has 1 aliphatic rings. The van der Waals surface area contributed by atoms with Crippen LogP contribution in [0.15, 0.2) is 24.3 Å². The van der Waals surface area contributed by atoms with E-state index in [1.165, 1.54) is 0 Å². The molecule has 1 aromatic carbocycles. The Morgan fingerprint density at radius 1 is 1.21 bits per heavy atom. The Labute approximate surface area is 115 Å². The van der Waals surface area contributed by atoms with E-state index in [9.17, 15) is 5.11 Å². The Balaban J connectivity index is 1.79. The molecule has 1 aliphatic heterocycles. The van der Waals surface area contributed by atoms with Crippen molar-refractivity contribution in [1.29, 1.82) is 0 Å². The molecule has 2 rings (SSSR count). The average molecular weight is 264 g/mol. The van der Waals surface area contributed by atoms with Crippen LogP contribution in [0.3, 0.4) is 0 Å². The third kappa shape index (κ3) is 4.20. The van der Waals surface area contributed by atoms with Crippen molar-refractivity contribution in [3.63, 3.8) is 0 Å². The van der Waals surface area contributed by atoms with E-state index in [2.05, 4.69) is 16.8 Å². The molecule has 4 heteroatoms.